The lowest BCUT2D eigenvalue weighted by molar-refractivity contribution is 0.186. The smallest absolute Gasteiger partial charge is 0.251 e. The van der Waals surface area contributed by atoms with Gasteiger partial charge in [-0.2, -0.15) is 4.31 Å². The predicted octanol–water partition coefficient (Wildman–Crippen LogP) is 2.01. The molecule has 0 radical (unpaired) electrons. The summed E-state index contributed by atoms with van der Waals surface area (Å²) >= 11 is 0. The summed E-state index contributed by atoms with van der Waals surface area (Å²) < 4.78 is 34.5. The van der Waals surface area contributed by atoms with E-state index < -0.39 is 10.0 Å². The topological polar surface area (TPSA) is 98.3 Å². The highest BCUT2D eigenvalue weighted by molar-refractivity contribution is 7.89. The quantitative estimate of drug-likeness (QED) is 0.653. The molecular weight excluding hydrogens is 392 g/mol. The Balaban J connectivity index is 1.54. The molecule has 2 atom stereocenters. The first kappa shape index (κ1) is 18.3. The summed E-state index contributed by atoms with van der Waals surface area (Å²) in [6.07, 6.45) is 3.81. The Labute approximate surface area is 167 Å². The zero-order valence-electron chi connectivity index (χ0n) is 15.9. The SMILES string of the molecule is Cc1oncc1S(=O)(=O)N1C[C@@H]2C[C@H](C1)c1cc(-c3ccccn3)cc(=O)n1C2. The van der Waals surface area contributed by atoms with Gasteiger partial charge in [0.05, 0.1) is 11.9 Å². The van der Waals surface area contributed by atoms with Crippen LogP contribution in [0.1, 0.15) is 23.8 Å². The van der Waals surface area contributed by atoms with Crippen LogP contribution in [0.15, 0.2) is 56.9 Å². The van der Waals surface area contributed by atoms with Crippen LogP contribution in [0.25, 0.3) is 11.3 Å². The number of aryl methyl sites for hydroxylation is 1. The lowest BCUT2D eigenvalue weighted by Crippen LogP contribution is -2.49. The molecule has 0 N–H and O–H groups in total. The average Bonchev–Trinajstić information content (AvgIpc) is 3.16. The van der Waals surface area contributed by atoms with Crippen LogP contribution in [0, 0.1) is 12.8 Å². The molecule has 0 aliphatic carbocycles. The molecule has 1 saturated heterocycles. The van der Waals surface area contributed by atoms with E-state index in [1.165, 1.54) is 10.5 Å². The molecule has 9 heteroatoms. The molecule has 0 spiro atoms. The molecule has 2 aliphatic rings. The van der Waals surface area contributed by atoms with E-state index in [1.54, 1.807) is 23.8 Å². The number of hydrogen-bond donors (Lipinski definition) is 0. The highest BCUT2D eigenvalue weighted by Gasteiger charge is 2.40. The van der Waals surface area contributed by atoms with Gasteiger partial charge in [-0.25, -0.2) is 8.42 Å². The number of piperidine rings is 1. The Morgan fingerprint density at radius 1 is 1.17 bits per heavy atom. The van der Waals surface area contributed by atoms with E-state index in [1.807, 2.05) is 24.3 Å². The van der Waals surface area contributed by atoms with E-state index >= 15 is 0 Å². The fraction of sp³-hybridized carbons (Fsp3) is 0.350. The molecule has 1 fully saturated rings. The van der Waals surface area contributed by atoms with Crippen LogP contribution in [0.4, 0.5) is 0 Å². The van der Waals surface area contributed by atoms with E-state index in [9.17, 15) is 13.2 Å². The van der Waals surface area contributed by atoms with Crippen molar-refractivity contribution < 1.29 is 12.9 Å². The molecule has 0 aromatic carbocycles. The summed E-state index contributed by atoms with van der Waals surface area (Å²) in [4.78, 5) is 17.2. The van der Waals surface area contributed by atoms with Gasteiger partial charge < -0.3 is 9.09 Å². The molecule has 3 aromatic rings. The van der Waals surface area contributed by atoms with Crippen molar-refractivity contribution in [2.75, 3.05) is 13.1 Å². The second kappa shape index (κ2) is 6.64. The van der Waals surface area contributed by atoms with Gasteiger partial charge in [-0.05, 0) is 37.5 Å². The molecule has 0 unspecified atom stereocenters. The van der Waals surface area contributed by atoms with Crippen molar-refractivity contribution >= 4 is 10.0 Å². The van der Waals surface area contributed by atoms with E-state index in [-0.39, 0.29) is 28.1 Å². The number of nitrogens with zero attached hydrogens (tertiary/aromatic N) is 4. The van der Waals surface area contributed by atoms with Gasteiger partial charge in [0.1, 0.15) is 4.90 Å². The molecule has 5 heterocycles. The number of rotatable bonds is 3. The van der Waals surface area contributed by atoms with Crippen LogP contribution >= 0.6 is 0 Å². The third-order valence-corrected chi connectivity index (χ3v) is 7.73. The van der Waals surface area contributed by atoms with Gasteiger partial charge in [0.15, 0.2) is 5.76 Å². The van der Waals surface area contributed by atoms with Crippen molar-refractivity contribution in [3.05, 3.63) is 64.5 Å². The van der Waals surface area contributed by atoms with Gasteiger partial charge in [0, 0.05) is 49.1 Å². The monoisotopic (exact) mass is 412 g/mol. The van der Waals surface area contributed by atoms with Crippen LogP contribution in [-0.2, 0) is 16.6 Å². The second-order valence-corrected chi connectivity index (χ2v) is 9.61. The van der Waals surface area contributed by atoms with Crippen molar-refractivity contribution in [1.29, 1.82) is 0 Å². The Morgan fingerprint density at radius 3 is 2.76 bits per heavy atom. The molecule has 3 aromatic heterocycles. The van der Waals surface area contributed by atoms with Crippen LogP contribution in [0.3, 0.4) is 0 Å². The maximum Gasteiger partial charge on any atom is 0.251 e. The van der Waals surface area contributed by atoms with Crippen LogP contribution in [-0.4, -0.2) is 40.5 Å². The van der Waals surface area contributed by atoms with Crippen LogP contribution in [0.5, 0.6) is 0 Å². The van der Waals surface area contributed by atoms with Gasteiger partial charge in [-0.1, -0.05) is 11.2 Å². The van der Waals surface area contributed by atoms with Crippen molar-refractivity contribution in [3.63, 3.8) is 0 Å². The molecule has 29 heavy (non-hydrogen) atoms. The minimum atomic E-state index is -3.69. The number of pyridine rings is 2. The van der Waals surface area contributed by atoms with Crippen LogP contribution < -0.4 is 5.56 Å². The van der Waals surface area contributed by atoms with Crippen molar-refractivity contribution in [2.45, 2.75) is 30.7 Å². The van der Waals surface area contributed by atoms with Gasteiger partial charge in [-0.15, -0.1) is 0 Å². The minimum Gasteiger partial charge on any atom is -0.360 e. The van der Waals surface area contributed by atoms with Gasteiger partial charge in [-0.3, -0.25) is 9.78 Å². The summed E-state index contributed by atoms with van der Waals surface area (Å²) in [5.74, 6) is 0.332. The molecule has 2 bridgehead atoms. The van der Waals surface area contributed by atoms with E-state index in [0.29, 0.717) is 19.6 Å². The van der Waals surface area contributed by atoms with Gasteiger partial charge >= 0.3 is 0 Å². The lowest BCUT2D eigenvalue weighted by Gasteiger charge is -2.42. The normalized spacial score (nSPS) is 21.7. The molecule has 0 saturated carbocycles. The molecule has 2 aliphatic heterocycles. The molecule has 5 rings (SSSR count). The zero-order valence-corrected chi connectivity index (χ0v) is 16.7. The molecule has 0 amide bonds. The molecular formula is C20H20N4O4S. The number of hydrogen-bond acceptors (Lipinski definition) is 6. The summed E-state index contributed by atoms with van der Waals surface area (Å²) in [5.41, 5.74) is 2.30. The van der Waals surface area contributed by atoms with E-state index in [0.717, 1.165) is 23.4 Å². The predicted molar refractivity (Wildman–Crippen MR) is 105 cm³/mol. The van der Waals surface area contributed by atoms with E-state index in [4.69, 9.17) is 4.52 Å². The highest BCUT2D eigenvalue weighted by Crippen LogP contribution is 2.38. The zero-order chi connectivity index (χ0) is 20.2. The fourth-order valence-corrected chi connectivity index (χ4v) is 6.11. The second-order valence-electron chi connectivity index (χ2n) is 7.70. The van der Waals surface area contributed by atoms with Crippen molar-refractivity contribution in [3.8, 4) is 11.3 Å². The minimum absolute atomic E-state index is 0.0474. The lowest BCUT2D eigenvalue weighted by atomic mass is 9.83. The first-order valence-electron chi connectivity index (χ1n) is 9.51. The van der Waals surface area contributed by atoms with Crippen molar-refractivity contribution in [1.82, 2.24) is 19.0 Å². The molecule has 150 valence electrons. The van der Waals surface area contributed by atoms with Crippen molar-refractivity contribution in [2.24, 2.45) is 5.92 Å². The molecule has 8 nitrogen and oxygen atoms in total. The van der Waals surface area contributed by atoms with Gasteiger partial charge in [0.2, 0.25) is 10.0 Å². The third-order valence-electron chi connectivity index (χ3n) is 5.81. The first-order chi connectivity index (χ1) is 13.9. The number of sulfonamides is 1. The Kier molecular flexibility index (Phi) is 4.18. The Bertz CT molecular complexity index is 1230. The Morgan fingerprint density at radius 2 is 2.03 bits per heavy atom. The van der Waals surface area contributed by atoms with E-state index in [2.05, 4.69) is 10.1 Å². The largest absolute Gasteiger partial charge is 0.360 e. The van der Waals surface area contributed by atoms with Crippen LogP contribution in [0.2, 0.25) is 0 Å². The highest BCUT2D eigenvalue weighted by atomic mass is 32.2. The maximum absolute atomic E-state index is 13.1. The average molecular weight is 412 g/mol. The summed E-state index contributed by atoms with van der Waals surface area (Å²) in [6.45, 7) is 2.83. The maximum atomic E-state index is 13.1. The Hall–Kier alpha value is -2.78. The standard InChI is InChI=1S/C20H20N4O4S/c1-13-19(9-22-28-13)29(26,27)23-10-14-6-16(12-23)18-7-15(8-20(25)24(18)11-14)17-4-2-3-5-21-17/h2-5,7-9,14,16H,6,10-12H2,1H3/t14-,16+/m0/s1. The third kappa shape index (κ3) is 3.01. The number of fused-ring (bicyclic) bond motifs is 4. The first-order valence-corrected chi connectivity index (χ1v) is 10.9. The summed E-state index contributed by atoms with van der Waals surface area (Å²) in [7, 11) is -3.69. The number of aromatic nitrogens is 3. The fourth-order valence-electron chi connectivity index (χ4n) is 4.47. The summed E-state index contributed by atoms with van der Waals surface area (Å²) in [6, 6.07) is 9.17. The summed E-state index contributed by atoms with van der Waals surface area (Å²) in [5, 5.41) is 3.61. The van der Waals surface area contributed by atoms with Gasteiger partial charge in [0.25, 0.3) is 5.56 Å².